The number of likely N-dealkylation sites (tertiary alicyclic amines) is 1. The van der Waals surface area contributed by atoms with E-state index in [1.807, 2.05) is 0 Å². The van der Waals surface area contributed by atoms with Crippen molar-refractivity contribution in [3.63, 3.8) is 0 Å². The third-order valence-corrected chi connectivity index (χ3v) is 8.15. The number of halogens is 3. The van der Waals surface area contributed by atoms with Gasteiger partial charge in [0.25, 0.3) is 5.56 Å². The highest BCUT2D eigenvalue weighted by atomic mass is 19.4. The number of para-hydroxylation sites is 1. The van der Waals surface area contributed by atoms with E-state index in [9.17, 15) is 32.3 Å². The number of benzene rings is 2. The molecule has 3 amide bonds. The van der Waals surface area contributed by atoms with Gasteiger partial charge in [0, 0.05) is 41.6 Å². The SMILES string of the molecule is C=CC(=O)Nc1ccccc1-c1c(CC)n(CC(=O)Nc2ccc(C(F)(F)F)cc2)c2nc(C3CCN(C(=O)OC(C)(C)C)CC3)nn2c1=O. The van der Waals surface area contributed by atoms with Crippen LogP contribution in [0.2, 0.25) is 0 Å². The smallest absolute Gasteiger partial charge is 0.416 e. The van der Waals surface area contributed by atoms with E-state index in [1.165, 1.54) is 0 Å². The third-order valence-electron chi connectivity index (χ3n) is 8.15. The van der Waals surface area contributed by atoms with Crippen molar-refractivity contribution in [3.05, 3.63) is 88.6 Å². The normalized spacial score (nSPS) is 14.0. The van der Waals surface area contributed by atoms with Crippen LogP contribution in [-0.4, -0.2) is 60.7 Å². The first kappa shape index (κ1) is 35.8. The Morgan fingerprint density at radius 2 is 1.68 bits per heavy atom. The van der Waals surface area contributed by atoms with Gasteiger partial charge in [-0.25, -0.2) is 4.79 Å². The van der Waals surface area contributed by atoms with Gasteiger partial charge in [-0.3, -0.25) is 14.4 Å². The maximum Gasteiger partial charge on any atom is 0.416 e. The summed E-state index contributed by atoms with van der Waals surface area (Å²) in [6, 6.07) is 10.8. The number of alkyl halides is 3. The number of hydrogen-bond donors (Lipinski definition) is 2. The molecule has 0 radical (unpaired) electrons. The van der Waals surface area contributed by atoms with E-state index in [0.717, 1.165) is 34.9 Å². The van der Waals surface area contributed by atoms with Gasteiger partial charge in [-0.2, -0.15) is 22.7 Å². The van der Waals surface area contributed by atoms with Crippen LogP contribution in [-0.2, 0) is 33.5 Å². The maximum absolute atomic E-state index is 14.3. The number of amides is 3. The van der Waals surface area contributed by atoms with Crippen LogP contribution >= 0.6 is 0 Å². The number of ether oxygens (including phenoxy) is 1. The van der Waals surface area contributed by atoms with E-state index in [1.54, 1.807) is 61.4 Å². The summed E-state index contributed by atoms with van der Waals surface area (Å²) in [6.45, 7) is 11.1. The molecule has 1 fully saturated rings. The first-order valence-corrected chi connectivity index (χ1v) is 16.1. The predicted octanol–water partition coefficient (Wildman–Crippen LogP) is 6.02. The summed E-state index contributed by atoms with van der Waals surface area (Å²) < 4.78 is 47.5. The lowest BCUT2D eigenvalue weighted by molar-refractivity contribution is -0.137. The second-order valence-electron chi connectivity index (χ2n) is 12.9. The molecule has 0 atom stereocenters. The summed E-state index contributed by atoms with van der Waals surface area (Å²) in [5, 5.41) is 9.96. The molecular weight excluding hydrogens is 655 g/mol. The minimum absolute atomic E-state index is 0.0929. The lowest BCUT2D eigenvalue weighted by Crippen LogP contribution is -2.41. The maximum atomic E-state index is 14.3. The van der Waals surface area contributed by atoms with Crippen LogP contribution in [0.5, 0.6) is 0 Å². The van der Waals surface area contributed by atoms with Crippen LogP contribution in [0.25, 0.3) is 16.9 Å². The average Bonchev–Trinajstić information content (AvgIpc) is 3.51. The molecule has 1 aliphatic rings. The van der Waals surface area contributed by atoms with Crippen molar-refractivity contribution in [2.75, 3.05) is 23.7 Å². The van der Waals surface area contributed by atoms with Gasteiger partial charge in [-0.05, 0) is 76.4 Å². The van der Waals surface area contributed by atoms with Crippen LogP contribution in [0.15, 0.2) is 66.0 Å². The van der Waals surface area contributed by atoms with Gasteiger partial charge in [-0.15, -0.1) is 5.10 Å². The molecule has 2 N–H and O–H groups in total. The van der Waals surface area contributed by atoms with Crippen LogP contribution in [0, 0.1) is 0 Å². The number of rotatable bonds is 8. The van der Waals surface area contributed by atoms with Crippen molar-refractivity contribution >= 4 is 35.1 Å². The van der Waals surface area contributed by atoms with Gasteiger partial charge >= 0.3 is 12.3 Å². The molecule has 3 heterocycles. The molecule has 0 aliphatic carbocycles. The summed E-state index contributed by atoms with van der Waals surface area (Å²) in [4.78, 5) is 59.0. The van der Waals surface area contributed by atoms with Crippen LogP contribution in [0.1, 0.15) is 63.5 Å². The molecule has 0 bridgehead atoms. The molecule has 50 heavy (non-hydrogen) atoms. The molecule has 1 aliphatic heterocycles. The third kappa shape index (κ3) is 7.87. The zero-order valence-electron chi connectivity index (χ0n) is 28.1. The summed E-state index contributed by atoms with van der Waals surface area (Å²) in [5.41, 5.74) is -0.565. The van der Waals surface area contributed by atoms with Gasteiger partial charge in [0.15, 0.2) is 5.82 Å². The zero-order chi connectivity index (χ0) is 36.4. The molecule has 264 valence electrons. The summed E-state index contributed by atoms with van der Waals surface area (Å²) >= 11 is 0. The molecule has 5 rings (SSSR count). The quantitative estimate of drug-likeness (QED) is 0.215. The van der Waals surface area contributed by atoms with Crippen molar-refractivity contribution in [2.45, 2.75) is 71.2 Å². The molecule has 15 heteroatoms. The summed E-state index contributed by atoms with van der Waals surface area (Å²) in [6.07, 6.45) is -2.59. The number of piperidine rings is 1. The molecule has 1 saturated heterocycles. The highest BCUT2D eigenvalue weighted by Gasteiger charge is 2.32. The van der Waals surface area contributed by atoms with Crippen molar-refractivity contribution in [3.8, 4) is 11.1 Å². The van der Waals surface area contributed by atoms with Crippen molar-refractivity contribution < 1.29 is 32.3 Å². The Hall–Kier alpha value is -5.47. The van der Waals surface area contributed by atoms with Gasteiger partial charge in [0.1, 0.15) is 12.1 Å². The second kappa shape index (κ2) is 14.2. The van der Waals surface area contributed by atoms with E-state index in [-0.39, 0.29) is 35.9 Å². The highest BCUT2D eigenvalue weighted by Crippen LogP contribution is 2.32. The fourth-order valence-electron chi connectivity index (χ4n) is 5.82. The Morgan fingerprint density at radius 3 is 2.28 bits per heavy atom. The fourth-order valence-corrected chi connectivity index (χ4v) is 5.82. The van der Waals surface area contributed by atoms with Gasteiger partial charge in [-0.1, -0.05) is 31.7 Å². The lowest BCUT2D eigenvalue weighted by atomic mass is 9.96. The molecule has 0 spiro atoms. The molecular formula is C35H38F3N7O5. The molecule has 2 aromatic carbocycles. The monoisotopic (exact) mass is 693 g/mol. The molecule has 12 nitrogen and oxygen atoms in total. The standard InChI is InChI=1S/C35H38F3N7O5/c1-6-26-29(24-10-8-9-11-25(24)40-27(46)7-2)31(48)45-32(44(26)20-28(47)39-23-14-12-22(13-15-23)35(36,37)38)41-30(42-45)21-16-18-43(19-17-21)33(49)50-34(3,4)5/h7-15,21H,2,6,16-20H2,1,3-5H3,(H,39,47)(H,40,46). The first-order chi connectivity index (χ1) is 23.6. The fraction of sp³-hybridized carbons (Fsp3) is 0.371. The minimum Gasteiger partial charge on any atom is -0.444 e. The average molecular weight is 694 g/mol. The number of nitrogens with one attached hydrogen (secondary N) is 2. The molecule has 0 unspecified atom stereocenters. The number of carbonyl (C=O) groups is 3. The highest BCUT2D eigenvalue weighted by molar-refractivity contribution is 6.02. The minimum atomic E-state index is -4.53. The number of carbonyl (C=O) groups excluding carboxylic acids is 3. The van der Waals surface area contributed by atoms with E-state index in [0.29, 0.717) is 48.7 Å². The summed E-state index contributed by atoms with van der Waals surface area (Å²) in [5.74, 6) is -0.839. The van der Waals surface area contributed by atoms with E-state index < -0.39 is 40.8 Å². The Balaban J connectivity index is 1.56. The van der Waals surface area contributed by atoms with E-state index >= 15 is 0 Å². The van der Waals surface area contributed by atoms with Gasteiger partial charge in [0.2, 0.25) is 17.6 Å². The van der Waals surface area contributed by atoms with E-state index in [2.05, 4.69) is 22.3 Å². The lowest BCUT2D eigenvalue weighted by Gasteiger charge is -2.32. The Labute approximate surface area is 285 Å². The summed E-state index contributed by atoms with van der Waals surface area (Å²) in [7, 11) is 0. The largest absolute Gasteiger partial charge is 0.444 e. The Morgan fingerprint density at radius 1 is 1.02 bits per heavy atom. The van der Waals surface area contributed by atoms with Crippen molar-refractivity contribution in [1.29, 1.82) is 0 Å². The van der Waals surface area contributed by atoms with Crippen molar-refractivity contribution in [1.82, 2.24) is 24.1 Å². The van der Waals surface area contributed by atoms with E-state index in [4.69, 9.17) is 9.72 Å². The number of nitrogens with zero attached hydrogens (tertiary/aromatic N) is 5. The Kier molecular flexibility index (Phi) is 10.2. The predicted molar refractivity (Wildman–Crippen MR) is 181 cm³/mol. The molecule has 4 aromatic rings. The zero-order valence-corrected chi connectivity index (χ0v) is 28.1. The topological polar surface area (TPSA) is 140 Å². The number of hydrogen-bond acceptors (Lipinski definition) is 7. The molecule has 2 aromatic heterocycles. The van der Waals surface area contributed by atoms with Crippen molar-refractivity contribution in [2.24, 2.45) is 0 Å². The van der Waals surface area contributed by atoms with Gasteiger partial charge < -0.3 is 24.8 Å². The van der Waals surface area contributed by atoms with Crippen LogP contribution in [0.4, 0.5) is 29.3 Å². The first-order valence-electron chi connectivity index (χ1n) is 16.1. The number of anilines is 2. The number of fused-ring (bicyclic) bond motifs is 1. The Bertz CT molecular complexity index is 1990. The number of aromatic nitrogens is 4. The molecule has 0 saturated carbocycles. The van der Waals surface area contributed by atoms with Gasteiger partial charge in [0.05, 0.1) is 11.1 Å². The second-order valence-corrected chi connectivity index (χ2v) is 12.9. The van der Waals surface area contributed by atoms with Crippen LogP contribution < -0.4 is 16.2 Å². The van der Waals surface area contributed by atoms with Crippen LogP contribution in [0.3, 0.4) is 0 Å².